The lowest BCUT2D eigenvalue weighted by molar-refractivity contribution is -0.155. The number of rotatable bonds is 6. The van der Waals surface area contributed by atoms with E-state index in [9.17, 15) is 14.7 Å². The third-order valence-corrected chi connectivity index (χ3v) is 3.21. The molecule has 106 valence electrons. The molecule has 0 aliphatic heterocycles. The topological polar surface area (TPSA) is 112 Å². The van der Waals surface area contributed by atoms with Crippen LogP contribution in [0.3, 0.4) is 0 Å². The first kappa shape index (κ1) is 15.4. The van der Waals surface area contributed by atoms with Crippen LogP contribution < -0.4 is 10.6 Å². The number of amides is 2. The molecule has 0 aliphatic rings. The number of aromatic nitrogens is 1. The highest BCUT2D eigenvalue weighted by atomic mass is 32.1. The van der Waals surface area contributed by atoms with Gasteiger partial charge in [0.15, 0.2) is 5.60 Å². The van der Waals surface area contributed by atoms with Crippen LogP contribution in [-0.4, -0.2) is 45.9 Å². The summed E-state index contributed by atoms with van der Waals surface area (Å²) in [6.07, 6.45) is 0.604. The fraction of sp³-hybridized carbons (Fsp3) is 0.545. The van der Waals surface area contributed by atoms with E-state index in [1.165, 1.54) is 0 Å². The molecule has 0 saturated carbocycles. The van der Waals surface area contributed by atoms with Crippen LogP contribution in [-0.2, 0) is 11.2 Å². The lowest BCUT2D eigenvalue weighted by Gasteiger charge is -2.18. The summed E-state index contributed by atoms with van der Waals surface area (Å²) >= 11 is 1.54. The Morgan fingerprint density at radius 2 is 2.16 bits per heavy atom. The molecule has 19 heavy (non-hydrogen) atoms. The maximum Gasteiger partial charge on any atom is 0.337 e. The van der Waals surface area contributed by atoms with E-state index in [2.05, 4.69) is 15.6 Å². The third-order valence-electron chi connectivity index (χ3n) is 2.39. The molecule has 1 aromatic heterocycles. The van der Waals surface area contributed by atoms with Gasteiger partial charge in [-0.1, -0.05) is 0 Å². The summed E-state index contributed by atoms with van der Waals surface area (Å²) in [4.78, 5) is 26.2. The van der Waals surface area contributed by atoms with Crippen molar-refractivity contribution in [2.75, 3.05) is 13.1 Å². The first-order valence-corrected chi connectivity index (χ1v) is 6.58. The average Bonchev–Trinajstić information content (AvgIpc) is 2.72. The smallest absolute Gasteiger partial charge is 0.337 e. The first-order valence-electron chi connectivity index (χ1n) is 5.70. The van der Waals surface area contributed by atoms with Crippen LogP contribution in [0, 0.1) is 6.92 Å². The number of urea groups is 1. The molecule has 0 radical (unpaired) electrons. The molecule has 1 atom stereocenters. The Balaban J connectivity index is 2.23. The second-order valence-corrected chi connectivity index (χ2v) is 5.36. The Hall–Kier alpha value is -1.67. The Bertz CT molecular complexity index is 459. The van der Waals surface area contributed by atoms with Crippen molar-refractivity contribution in [2.45, 2.75) is 25.9 Å². The van der Waals surface area contributed by atoms with Gasteiger partial charge in [-0.3, -0.25) is 0 Å². The number of thiazole rings is 1. The van der Waals surface area contributed by atoms with Crippen LogP contribution in [0.15, 0.2) is 5.38 Å². The van der Waals surface area contributed by atoms with Crippen LogP contribution >= 0.6 is 11.3 Å². The summed E-state index contributed by atoms with van der Waals surface area (Å²) in [6.45, 7) is 3.06. The number of aryl methyl sites for hydroxylation is 1. The van der Waals surface area contributed by atoms with Gasteiger partial charge in [-0.25, -0.2) is 14.6 Å². The molecule has 0 saturated heterocycles. The number of carbonyl (C=O) groups is 2. The van der Waals surface area contributed by atoms with E-state index in [1.54, 1.807) is 11.3 Å². The number of carboxylic acids is 1. The highest BCUT2D eigenvalue weighted by molar-refractivity contribution is 7.09. The first-order chi connectivity index (χ1) is 8.81. The molecular formula is C11H17N3O4S. The summed E-state index contributed by atoms with van der Waals surface area (Å²) in [6, 6.07) is -0.520. The van der Waals surface area contributed by atoms with Crippen molar-refractivity contribution >= 4 is 23.3 Å². The van der Waals surface area contributed by atoms with Crippen LogP contribution in [0.2, 0.25) is 0 Å². The van der Waals surface area contributed by atoms with Crippen molar-refractivity contribution in [3.8, 4) is 0 Å². The minimum atomic E-state index is -1.97. The van der Waals surface area contributed by atoms with Gasteiger partial charge in [-0.15, -0.1) is 11.3 Å². The highest BCUT2D eigenvalue weighted by Crippen LogP contribution is 2.07. The summed E-state index contributed by atoms with van der Waals surface area (Å²) in [7, 11) is 0. The Labute approximate surface area is 114 Å². The van der Waals surface area contributed by atoms with Crippen LogP contribution in [0.1, 0.15) is 17.6 Å². The van der Waals surface area contributed by atoms with Gasteiger partial charge in [0, 0.05) is 18.3 Å². The van der Waals surface area contributed by atoms with Crippen molar-refractivity contribution in [3.05, 3.63) is 16.1 Å². The van der Waals surface area contributed by atoms with Gasteiger partial charge < -0.3 is 20.8 Å². The van der Waals surface area contributed by atoms with E-state index in [-0.39, 0.29) is 6.54 Å². The summed E-state index contributed by atoms with van der Waals surface area (Å²) in [5.41, 5.74) is -1.07. The Morgan fingerprint density at radius 1 is 1.47 bits per heavy atom. The largest absolute Gasteiger partial charge is 0.479 e. The number of carbonyl (C=O) groups excluding carboxylic acids is 1. The fourth-order valence-corrected chi connectivity index (χ4v) is 1.86. The number of hydrogen-bond acceptors (Lipinski definition) is 5. The molecule has 4 N–H and O–H groups in total. The minimum Gasteiger partial charge on any atom is -0.479 e. The van der Waals surface area contributed by atoms with Gasteiger partial charge in [0.25, 0.3) is 0 Å². The molecule has 1 rings (SSSR count). The summed E-state index contributed by atoms with van der Waals surface area (Å²) in [5, 5.41) is 25.8. The fourth-order valence-electron chi connectivity index (χ4n) is 1.22. The standard InChI is InChI=1S/C11H17N3O4S/c1-7-14-8(5-19-7)3-4-12-10(17)13-6-11(2,18)9(15)16/h5,18H,3-4,6H2,1-2H3,(H,15,16)(H2,12,13,17). The van der Waals surface area contributed by atoms with E-state index < -0.39 is 17.6 Å². The predicted molar refractivity (Wildman–Crippen MR) is 70.2 cm³/mol. The number of aliphatic carboxylic acids is 1. The third kappa shape index (κ3) is 5.23. The van der Waals surface area contributed by atoms with E-state index >= 15 is 0 Å². The normalized spacial score (nSPS) is 13.6. The molecule has 0 fully saturated rings. The molecule has 1 heterocycles. The minimum absolute atomic E-state index is 0.357. The zero-order chi connectivity index (χ0) is 14.5. The zero-order valence-electron chi connectivity index (χ0n) is 10.8. The summed E-state index contributed by atoms with van der Waals surface area (Å²) in [5.74, 6) is -1.38. The molecule has 0 spiro atoms. The van der Waals surface area contributed by atoms with Gasteiger partial charge >= 0.3 is 12.0 Å². The molecule has 0 aliphatic carbocycles. The monoisotopic (exact) mass is 287 g/mol. The molecule has 1 unspecified atom stereocenters. The van der Waals surface area contributed by atoms with E-state index in [4.69, 9.17) is 5.11 Å². The molecule has 2 amide bonds. The number of hydrogen-bond donors (Lipinski definition) is 4. The molecule has 0 bridgehead atoms. The lowest BCUT2D eigenvalue weighted by Crippen LogP contribution is -2.49. The number of nitrogens with zero attached hydrogens (tertiary/aromatic N) is 1. The average molecular weight is 287 g/mol. The van der Waals surface area contributed by atoms with Gasteiger partial charge in [-0.05, 0) is 13.8 Å². The van der Waals surface area contributed by atoms with Crippen molar-refractivity contribution < 1.29 is 19.8 Å². The van der Waals surface area contributed by atoms with Crippen molar-refractivity contribution in [2.24, 2.45) is 0 Å². The van der Waals surface area contributed by atoms with Crippen LogP contribution in [0.5, 0.6) is 0 Å². The maximum atomic E-state index is 11.4. The van der Waals surface area contributed by atoms with Crippen LogP contribution in [0.25, 0.3) is 0 Å². The van der Waals surface area contributed by atoms with E-state index in [1.807, 2.05) is 12.3 Å². The molecule has 8 heteroatoms. The maximum absolute atomic E-state index is 11.4. The second-order valence-electron chi connectivity index (χ2n) is 4.30. The van der Waals surface area contributed by atoms with Crippen LogP contribution in [0.4, 0.5) is 4.79 Å². The molecule has 7 nitrogen and oxygen atoms in total. The van der Waals surface area contributed by atoms with E-state index in [0.717, 1.165) is 17.6 Å². The number of carboxylic acid groups (broad SMARTS) is 1. The number of nitrogens with one attached hydrogen (secondary N) is 2. The molecule has 0 aromatic carbocycles. The van der Waals surface area contributed by atoms with Crippen molar-refractivity contribution in [1.82, 2.24) is 15.6 Å². The summed E-state index contributed by atoms with van der Waals surface area (Å²) < 4.78 is 0. The lowest BCUT2D eigenvalue weighted by atomic mass is 10.1. The molecular weight excluding hydrogens is 270 g/mol. The highest BCUT2D eigenvalue weighted by Gasteiger charge is 2.30. The van der Waals surface area contributed by atoms with Crippen molar-refractivity contribution in [1.29, 1.82) is 0 Å². The second kappa shape index (κ2) is 6.48. The Morgan fingerprint density at radius 3 is 2.68 bits per heavy atom. The Kier molecular flexibility index (Phi) is 5.25. The SMILES string of the molecule is Cc1nc(CCNC(=O)NCC(C)(O)C(=O)O)cs1. The zero-order valence-corrected chi connectivity index (χ0v) is 11.6. The quantitative estimate of drug-likeness (QED) is 0.594. The number of aliphatic hydroxyl groups is 1. The van der Waals surface area contributed by atoms with Gasteiger partial charge in [0.05, 0.1) is 17.2 Å². The molecule has 1 aromatic rings. The van der Waals surface area contributed by atoms with Crippen molar-refractivity contribution in [3.63, 3.8) is 0 Å². The van der Waals surface area contributed by atoms with E-state index in [0.29, 0.717) is 13.0 Å². The predicted octanol–water partition coefficient (Wildman–Crippen LogP) is 0.129. The van der Waals surface area contributed by atoms with Gasteiger partial charge in [-0.2, -0.15) is 0 Å². The van der Waals surface area contributed by atoms with Gasteiger partial charge in [0.2, 0.25) is 0 Å². The van der Waals surface area contributed by atoms with Gasteiger partial charge in [0.1, 0.15) is 0 Å².